The van der Waals surface area contributed by atoms with E-state index < -0.39 is 67.3 Å². The third-order valence-electron chi connectivity index (χ3n) is 4.19. The van der Waals surface area contributed by atoms with Crippen LogP contribution in [0.2, 0.25) is 0 Å². The smallest absolute Gasteiger partial charge is 0.414 e. The first-order valence-corrected chi connectivity index (χ1v) is 9.90. The van der Waals surface area contributed by atoms with Crippen molar-refractivity contribution in [2.24, 2.45) is 0 Å². The Bertz CT molecular complexity index is 872. The lowest BCUT2D eigenvalue weighted by atomic mass is 9.98. The Morgan fingerprint density at radius 1 is 0.758 bits per heavy atom. The van der Waals surface area contributed by atoms with Gasteiger partial charge in [0.1, 0.15) is 12.7 Å². The first kappa shape index (κ1) is 25.6. The fourth-order valence-electron chi connectivity index (χ4n) is 3.06. The molecule has 180 valence electrons. The summed E-state index contributed by atoms with van der Waals surface area (Å²) in [4.78, 5) is 58.9. The average molecular weight is 467 g/mol. The fourth-order valence-corrected chi connectivity index (χ4v) is 3.06. The molecule has 0 saturated carbocycles. The van der Waals surface area contributed by atoms with Gasteiger partial charge in [0.2, 0.25) is 12.4 Å². The van der Waals surface area contributed by atoms with Crippen LogP contribution in [0.5, 0.6) is 0 Å². The van der Waals surface area contributed by atoms with E-state index >= 15 is 0 Å². The highest BCUT2D eigenvalue weighted by Crippen LogP contribution is 2.30. The van der Waals surface area contributed by atoms with E-state index in [2.05, 4.69) is 5.32 Å². The standard InChI is InChI=1S/C21H25NO11/c1-11(23)28-10-16-17(29-12(2)24)18(30-13(3)25)19(31-14(4)26)20(32-16)33-21(27)22-15-8-6-5-7-9-15/h5-9,16-20H,10H2,1-4H3,(H,22,27)/t16-,17-,18+,19+,20+/m1/s1. The lowest BCUT2D eigenvalue weighted by Crippen LogP contribution is -2.63. The number of para-hydroxylation sites is 1. The Labute approximate surface area is 189 Å². The second-order valence-electron chi connectivity index (χ2n) is 6.96. The highest BCUT2D eigenvalue weighted by Gasteiger charge is 2.53. The van der Waals surface area contributed by atoms with Crippen molar-refractivity contribution >= 4 is 35.7 Å². The molecule has 1 aromatic carbocycles. The monoisotopic (exact) mass is 467 g/mol. The van der Waals surface area contributed by atoms with Gasteiger partial charge < -0.3 is 28.4 Å². The van der Waals surface area contributed by atoms with Crippen LogP contribution in [0.15, 0.2) is 30.3 Å². The highest BCUT2D eigenvalue weighted by molar-refractivity contribution is 5.84. The summed E-state index contributed by atoms with van der Waals surface area (Å²) in [6.07, 6.45) is -8.06. The van der Waals surface area contributed by atoms with Gasteiger partial charge in [-0.25, -0.2) is 4.79 Å². The lowest BCUT2D eigenvalue weighted by molar-refractivity contribution is -0.293. The van der Waals surface area contributed by atoms with Gasteiger partial charge >= 0.3 is 30.0 Å². The zero-order chi connectivity index (χ0) is 24.5. The summed E-state index contributed by atoms with van der Waals surface area (Å²) in [5, 5.41) is 2.47. The van der Waals surface area contributed by atoms with Gasteiger partial charge in [0.05, 0.1) is 0 Å². The van der Waals surface area contributed by atoms with Crippen molar-refractivity contribution in [2.75, 3.05) is 11.9 Å². The third kappa shape index (κ3) is 8.07. The topological polar surface area (TPSA) is 153 Å². The van der Waals surface area contributed by atoms with Crippen molar-refractivity contribution in [3.8, 4) is 0 Å². The van der Waals surface area contributed by atoms with Gasteiger partial charge in [-0.1, -0.05) is 18.2 Å². The van der Waals surface area contributed by atoms with E-state index in [9.17, 15) is 24.0 Å². The molecule has 33 heavy (non-hydrogen) atoms. The largest absolute Gasteiger partial charge is 0.463 e. The van der Waals surface area contributed by atoms with Crippen LogP contribution in [0.4, 0.5) is 10.5 Å². The minimum absolute atomic E-state index is 0.410. The Morgan fingerprint density at radius 2 is 1.30 bits per heavy atom. The molecule has 0 aromatic heterocycles. The Balaban J connectivity index is 2.35. The number of anilines is 1. The van der Waals surface area contributed by atoms with E-state index in [1.165, 1.54) is 0 Å². The number of benzene rings is 1. The normalized spacial score (nSPS) is 24.1. The number of rotatable bonds is 7. The van der Waals surface area contributed by atoms with Crippen LogP contribution in [0.1, 0.15) is 27.7 Å². The number of hydrogen-bond donors (Lipinski definition) is 1. The van der Waals surface area contributed by atoms with Gasteiger partial charge in [0.25, 0.3) is 0 Å². The van der Waals surface area contributed by atoms with Crippen molar-refractivity contribution in [1.82, 2.24) is 0 Å². The van der Waals surface area contributed by atoms with E-state index in [0.29, 0.717) is 5.69 Å². The number of esters is 4. The van der Waals surface area contributed by atoms with Crippen LogP contribution in [0.3, 0.4) is 0 Å². The van der Waals surface area contributed by atoms with Crippen LogP contribution in [-0.4, -0.2) is 67.3 Å². The molecule has 1 fully saturated rings. The number of carbonyl (C=O) groups is 5. The van der Waals surface area contributed by atoms with E-state index in [-0.39, 0.29) is 0 Å². The Kier molecular flexibility index (Phi) is 9.16. The molecule has 0 unspecified atom stereocenters. The fraction of sp³-hybridized carbons (Fsp3) is 0.476. The van der Waals surface area contributed by atoms with Crippen LogP contribution in [-0.2, 0) is 47.6 Å². The molecule has 1 amide bonds. The van der Waals surface area contributed by atoms with Crippen LogP contribution in [0.25, 0.3) is 0 Å². The SMILES string of the molecule is CC(=O)OC[C@H]1O[C@@H](OC(=O)Nc2ccccc2)[C@@H](OC(C)=O)[C@@H](OC(C)=O)[C@@H]1OC(C)=O. The molecule has 0 bridgehead atoms. The number of ether oxygens (including phenoxy) is 6. The first-order chi connectivity index (χ1) is 15.6. The predicted octanol–water partition coefficient (Wildman–Crippen LogP) is 1.32. The molecule has 1 N–H and O–H groups in total. The second kappa shape index (κ2) is 11.8. The molecule has 0 spiro atoms. The zero-order valence-corrected chi connectivity index (χ0v) is 18.5. The van der Waals surface area contributed by atoms with Gasteiger partial charge in [-0.3, -0.25) is 24.5 Å². The molecule has 1 aliphatic heterocycles. The molecule has 1 saturated heterocycles. The summed E-state index contributed by atoms with van der Waals surface area (Å²) in [6, 6.07) is 8.33. The van der Waals surface area contributed by atoms with E-state index in [1.54, 1.807) is 30.3 Å². The number of hydrogen-bond acceptors (Lipinski definition) is 11. The number of amides is 1. The third-order valence-corrected chi connectivity index (χ3v) is 4.19. The Morgan fingerprint density at radius 3 is 1.85 bits per heavy atom. The molecule has 12 nitrogen and oxygen atoms in total. The summed E-state index contributed by atoms with van der Waals surface area (Å²) in [5.74, 6) is -3.03. The summed E-state index contributed by atoms with van der Waals surface area (Å²) in [7, 11) is 0. The predicted molar refractivity (Wildman–Crippen MR) is 109 cm³/mol. The van der Waals surface area contributed by atoms with Crippen molar-refractivity contribution in [2.45, 2.75) is 58.4 Å². The second-order valence-corrected chi connectivity index (χ2v) is 6.96. The quantitative estimate of drug-likeness (QED) is 0.456. The molecule has 1 heterocycles. The van der Waals surface area contributed by atoms with E-state index in [4.69, 9.17) is 28.4 Å². The van der Waals surface area contributed by atoms with Crippen molar-refractivity contribution in [1.29, 1.82) is 0 Å². The molecule has 0 aliphatic carbocycles. The summed E-state index contributed by atoms with van der Waals surface area (Å²) < 4.78 is 31.6. The molecule has 2 rings (SSSR count). The van der Waals surface area contributed by atoms with Crippen molar-refractivity contribution in [3.63, 3.8) is 0 Å². The average Bonchev–Trinajstić information content (AvgIpc) is 2.70. The zero-order valence-electron chi connectivity index (χ0n) is 18.5. The molecular weight excluding hydrogens is 442 g/mol. The van der Waals surface area contributed by atoms with Crippen molar-refractivity contribution < 1.29 is 52.4 Å². The van der Waals surface area contributed by atoms with Crippen molar-refractivity contribution in [3.05, 3.63) is 30.3 Å². The van der Waals surface area contributed by atoms with Gasteiger partial charge in [0.15, 0.2) is 12.2 Å². The Hall–Kier alpha value is -3.67. The van der Waals surface area contributed by atoms with Crippen LogP contribution >= 0.6 is 0 Å². The maximum Gasteiger partial charge on any atom is 0.414 e. The summed E-state index contributed by atoms with van der Waals surface area (Å²) in [6.45, 7) is 3.99. The summed E-state index contributed by atoms with van der Waals surface area (Å²) >= 11 is 0. The molecule has 5 atom stereocenters. The molecule has 12 heteroatoms. The van der Waals surface area contributed by atoms with Gasteiger partial charge in [0, 0.05) is 33.4 Å². The summed E-state index contributed by atoms with van der Waals surface area (Å²) in [5.41, 5.74) is 0.410. The van der Waals surface area contributed by atoms with E-state index in [1.807, 2.05) is 0 Å². The van der Waals surface area contributed by atoms with Crippen LogP contribution in [0, 0.1) is 0 Å². The van der Waals surface area contributed by atoms with Gasteiger partial charge in [-0.15, -0.1) is 0 Å². The highest BCUT2D eigenvalue weighted by atomic mass is 16.8. The maximum absolute atomic E-state index is 12.4. The molecule has 1 aliphatic rings. The first-order valence-electron chi connectivity index (χ1n) is 9.90. The maximum atomic E-state index is 12.4. The number of nitrogens with one attached hydrogen (secondary N) is 1. The molecule has 0 radical (unpaired) electrons. The molecule has 1 aromatic rings. The number of carbonyl (C=O) groups excluding carboxylic acids is 5. The lowest BCUT2D eigenvalue weighted by Gasteiger charge is -2.43. The minimum atomic E-state index is -1.60. The minimum Gasteiger partial charge on any atom is -0.463 e. The van der Waals surface area contributed by atoms with Crippen LogP contribution < -0.4 is 5.32 Å². The van der Waals surface area contributed by atoms with Gasteiger partial charge in [-0.2, -0.15) is 0 Å². The van der Waals surface area contributed by atoms with E-state index in [0.717, 1.165) is 27.7 Å². The van der Waals surface area contributed by atoms with Gasteiger partial charge in [-0.05, 0) is 12.1 Å². The molecular formula is C21H25NO11.